The van der Waals surface area contributed by atoms with E-state index in [1.165, 1.54) is 35.7 Å². The van der Waals surface area contributed by atoms with Gasteiger partial charge in [-0.1, -0.05) is 6.07 Å². The van der Waals surface area contributed by atoms with E-state index in [-0.39, 0.29) is 5.91 Å². The first-order chi connectivity index (χ1) is 10.7. The maximum atomic E-state index is 12.6. The molecule has 3 nitrogen and oxygen atoms in total. The van der Waals surface area contributed by atoms with Gasteiger partial charge in [0.1, 0.15) is 0 Å². The van der Waals surface area contributed by atoms with Crippen LogP contribution in [0.2, 0.25) is 0 Å². The maximum Gasteiger partial charge on any atom is 0.261 e. The molecule has 0 saturated carbocycles. The SMILES string of the molecule is C[C@@H]1[C@H](NC(=O)c2ccc(-c3cccs3)s2)C2CCN1CC2. The summed E-state index contributed by atoms with van der Waals surface area (Å²) in [7, 11) is 0. The van der Waals surface area contributed by atoms with Gasteiger partial charge in [0.15, 0.2) is 0 Å². The van der Waals surface area contributed by atoms with E-state index in [0.717, 1.165) is 4.88 Å². The molecular weight excluding hydrogens is 312 g/mol. The van der Waals surface area contributed by atoms with E-state index in [0.29, 0.717) is 18.0 Å². The second kappa shape index (κ2) is 5.80. The lowest BCUT2D eigenvalue weighted by Gasteiger charge is -2.49. The van der Waals surface area contributed by atoms with Crippen molar-refractivity contribution in [1.29, 1.82) is 0 Å². The fourth-order valence-electron chi connectivity index (χ4n) is 3.78. The molecule has 3 aliphatic heterocycles. The third kappa shape index (κ3) is 2.51. The van der Waals surface area contributed by atoms with Crippen molar-refractivity contribution >= 4 is 28.6 Å². The molecule has 0 aromatic carbocycles. The Labute approximate surface area is 139 Å². The van der Waals surface area contributed by atoms with Gasteiger partial charge in [-0.2, -0.15) is 0 Å². The summed E-state index contributed by atoms with van der Waals surface area (Å²) in [4.78, 5) is 18.4. The van der Waals surface area contributed by atoms with Crippen molar-refractivity contribution in [3.63, 3.8) is 0 Å². The lowest BCUT2D eigenvalue weighted by Crippen LogP contribution is -2.62. The quantitative estimate of drug-likeness (QED) is 0.930. The number of hydrogen-bond acceptors (Lipinski definition) is 4. The van der Waals surface area contributed by atoms with Crippen molar-refractivity contribution in [2.75, 3.05) is 13.1 Å². The molecule has 3 saturated heterocycles. The second-order valence-electron chi connectivity index (χ2n) is 6.25. The van der Waals surface area contributed by atoms with E-state index in [9.17, 15) is 4.79 Å². The maximum absolute atomic E-state index is 12.6. The molecule has 5 rings (SSSR count). The molecule has 0 radical (unpaired) electrons. The van der Waals surface area contributed by atoms with Gasteiger partial charge in [0.25, 0.3) is 5.91 Å². The molecule has 5 heterocycles. The lowest BCUT2D eigenvalue weighted by atomic mass is 9.79. The predicted octanol–water partition coefficient (Wildman–Crippen LogP) is 3.69. The van der Waals surface area contributed by atoms with Crippen molar-refractivity contribution in [3.05, 3.63) is 34.5 Å². The molecule has 5 heteroatoms. The topological polar surface area (TPSA) is 32.3 Å². The molecule has 2 aromatic heterocycles. The summed E-state index contributed by atoms with van der Waals surface area (Å²) in [6.45, 7) is 4.64. The van der Waals surface area contributed by atoms with Crippen LogP contribution in [0.25, 0.3) is 9.75 Å². The Hall–Kier alpha value is -1.17. The minimum Gasteiger partial charge on any atom is -0.347 e. The minimum absolute atomic E-state index is 0.0957. The Kier molecular flexibility index (Phi) is 3.80. The Balaban J connectivity index is 1.48. The van der Waals surface area contributed by atoms with Gasteiger partial charge in [0.05, 0.1) is 4.88 Å². The van der Waals surface area contributed by atoms with Crippen molar-refractivity contribution in [3.8, 4) is 9.75 Å². The van der Waals surface area contributed by atoms with Gasteiger partial charge >= 0.3 is 0 Å². The van der Waals surface area contributed by atoms with Crippen LogP contribution < -0.4 is 5.32 Å². The van der Waals surface area contributed by atoms with Crippen molar-refractivity contribution in [2.24, 2.45) is 5.92 Å². The van der Waals surface area contributed by atoms with E-state index in [2.05, 4.69) is 34.7 Å². The number of thiophene rings is 2. The highest BCUT2D eigenvalue weighted by Crippen LogP contribution is 2.34. The zero-order chi connectivity index (χ0) is 15.1. The molecule has 3 fully saturated rings. The molecule has 0 aliphatic carbocycles. The minimum atomic E-state index is 0.0957. The standard InChI is InChI=1S/C17H20N2OS2/c1-11-16(12-6-8-19(11)9-7-12)18-17(20)15-5-4-14(22-15)13-3-2-10-21-13/h2-5,10-12,16H,6-9H2,1H3,(H,18,20)/t11-,16+/m1/s1. The number of carbonyl (C=O) groups excluding carboxylic acids is 1. The smallest absolute Gasteiger partial charge is 0.261 e. The van der Waals surface area contributed by atoms with Crippen LogP contribution in [-0.4, -0.2) is 36.0 Å². The van der Waals surface area contributed by atoms with Crippen LogP contribution in [0, 0.1) is 5.92 Å². The first kappa shape index (κ1) is 14.4. The lowest BCUT2D eigenvalue weighted by molar-refractivity contribution is 0.0218. The van der Waals surface area contributed by atoms with Gasteiger partial charge in [0.2, 0.25) is 0 Å². The van der Waals surface area contributed by atoms with Gasteiger partial charge in [-0.05, 0) is 62.4 Å². The molecule has 1 N–H and O–H groups in total. The highest BCUT2D eigenvalue weighted by molar-refractivity contribution is 7.22. The van der Waals surface area contributed by atoms with Gasteiger partial charge in [-0.3, -0.25) is 9.69 Å². The number of fused-ring (bicyclic) bond motifs is 3. The molecule has 2 bridgehead atoms. The zero-order valence-electron chi connectivity index (χ0n) is 12.6. The molecule has 2 atom stereocenters. The van der Waals surface area contributed by atoms with Gasteiger partial charge in [0, 0.05) is 21.8 Å². The van der Waals surface area contributed by atoms with E-state index in [4.69, 9.17) is 0 Å². The number of amides is 1. The number of piperidine rings is 3. The molecule has 116 valence electrons. The van der Waals surface area contributed by atoms with Crippen LogP contribution in [0.1, 0.15) is 29.4 Å². The Bertz CT molecular complexity index is 654. The number of nitrogens with one attached hydrogen (secondary N) is 1. The molecule has 0 unspecified atom stereocenters. The highest BCUT2D eigenvalue weighted by atomic mass is 32.1. The molecular formula is C17H20N2OS2. The molecule has 22 heavy (non-hydrogen) atoms. The first-order valence-corrected chi connectivity index (χ1v) is 9.60. The van der Waals surface area contributed by atoms with Crippen LogP contribution in [0.4, 0.5) is 0 Å². The van der Waals surface area contributed by atoms with Crippen LogP contribution >= 0.6 is 22.7 Å². The summed E-state index contributed by atoms with van der Waals surface area (Å²) < 4.78 is 0. The third-order valence-corrected chi connectivity index (χ3v) is 7.22. The van der Waals surface area contributed by atoms with E-state index in [1.54, 1.807) is 22.7 Å². The van der Waals surface area contributed by atoms with Crippen LogP contribution in [-0.2, 0) is 0 Å². The summed E-state index contributed by atoms with van der Waals surface area (Å²) >= 11 is 3.31. The van der Waals surface area contributed by atoms with Crippen LogP contribution in [0.15, 0.2) is 29.6 Å². The van der Waals surface area contributed by atoms with E-state index >= 15 is 0 Å². The average Bonchev–Trinajstić information content (AvgIpc) is 3.21. The third-order valence-electron chi connectivity index (χ3n) is 5.07. The summed E-state index contributed by atoms with van der Waals surface area (Å²) in [5, 5.41) is 5.38. The highest BCUT2D eigenvalue weighted by Gasteiger charge is 2.40. The molecule has 3 aliphatic rings. The Morgan fingerprint density at radius 2 is 2.05 bits per heavy atom. The molecule has 0 spiro atoms. The van der Waals surface area contributed by atoms with Crippen molar-refractivity contribution in [2.45, 2.75) is 31.8 Å². The van der Waals surface area contributed by atoms with E-state index < -0.39 is 0 Å². The number of nitrogens with zero attached hydrogens (tertiary/aromatic N) is 1. The second-order valence-corrected chi connectivity index (χ2v) is 8.29. The van der Waals surface area contributed by atoms with Gasteiger partial charge < -0.3 is 5.32 Å². The van der Waals surface area contributed by atoms with Crippen molar-refractivity contribution < 1.29 is 4.79 Å². The number of carbonyl (C=O) groups is 1. The fourth-order valence-corrected chi connectivity index (χ4v) is 5.52. The monoisotopic (exact) mass is 332 g/mol. The summed E-state index contributed by atoms with van der Waals surface area (Å²) in [5.41, 5.74) is 0. The normalized spacial score (nSPS) is 30.4. The van der Waals surface area contributed by atoms with Crippen LogP contribution in [0.3, 0.4) is 0 Å². The first-order valence-electron chi connectivity index (χ1n) is 7.91. The zero-order valence-corrected chi connectivity index (χ0v) is 14.3. The van der Waals surface area contributed by atoms with E-state index in [1.807, 2.05) is 12.1 Å². The van der Waals surface area contributed by atoms with Gasteiger partial charge in [-0.25, -0.2) is 0 Å². The number of rotatable bonds is 3. The van der Waals surface area contributed by atoms with Crippen molar-refractivity contribution in [1.82, 2.24) is 10.2 Å². The predicted molar refractivity (Wildman–Crippen MR) is 92.6 cm³/mol. The molecule has 1 amide bonds. The number of hydrogen-bond donors (Lipinski definition) is 1. The van der Waals surface area contributed by atoms with Gasteiger partial charge in [-0.15, -0.1) is 22.7 Å². The van der Waals surface area contributed by atoms with Crippen LogP contribution in [0.5, 0.6) is 0 Å². The summed E-state index contributed by atoms with van der Waals surface area (Å²) in [6.07, 6.45) is 2.44. The Morgan fingerprint density at radius 3 is 2.73 bits per heavy atom. The largest absolute Gasteiger partial charge is 0.347 e. The average molecular weight is 332 g/mol. The molecule has 2 aromatic rings. The summed E-state index contributed by atoms with van der Waals surface area (Å²) in [5.74, 6) is 0.749. The Morgan fingerprint density at radius 1 is 1.23 bits per heavy atom. The fraction of sp³-hybridized carbons (Fsp3) is 0.471. The summed E-state index contributed by atoms with van der Waals surface area (Å²) in [6, 6.07) is 8.95.